The van der Waals surface area contributed by atoms with Gasteiger partial charge < -0.3 is 10.3 Å². The molecule has 0 aliphatic rings. The molecule has 1 heterocycles. The van der Waals surface area contributed by atoms with Crippen molar-refractivity contribution in [1.29, 1.82) is 0 Å². The average molecular weight is 275 g/mol. The SMILES string of the molecule is Nc1cccc2ccn(Cc3cccc(F)c3Cl)c12. The van der Waals surface area contributed by atoms with Crippen LogP contribution in [0, 0.1) is 5.82 Å². The molecule has 0 bridgehead atoms. The van der Waals surface area contributed by atoms with Crippen molar-refractivity contribution in [2.24, 2.45) is 0 Å². The molecule has 0 unspecified atom stereocenters. The second-order valence-electron chi connectivity index (χ2n) is 4.44. The van der Waals surface area contributed by atoms with Gasteiger partial charge in [-0.15, -0.1) is 0 Å². The number of benzene rings is 2. The molecule has 1 aromatic heterocycles. The van der Waals surface area contributed by atoms with Crippen LogP contribution in [0.25, 0.3) is 10.9 Å². The van der Waals surface area contributed by atoms with Crippen LogP contribution in [0.3, 0.4) is 0 Å². The Balaban J connectivity index is 2.09. The first-order chi connectivity index (χ1) is 9.16. The molecule has 0 atom stereocenters. The van der Waals surface area contributed by atoms with Crippen LogP contribution >= 0.6 is 11.6 Å². The number of nitrogen functional groups attached to an aromatic ring is 1. The molecule has 0 fully saturated rings. The largest absolute Gasteiger partial charge is 0.397 e. The molecular formula is C15H12ClFN2. The van der Waals surface area contributed by atoms with Crippen molar-refractivity contribution in [3.63, 3.8) is 0 Å². The van der Waals surface area contributed by atoms with Crippen molar-refractivity contribution in [1.82, 2.24) is 4.57 Å². The second-order valence-corrected chi connectivity index (χ2v) is 4.82. The maximum Gasteiger partial charge on any atom is 0.142 e. The standard InChI is InChI=1S/C15H12ClFN2/c16-14-11(4-1-5-12(14)17)9-19-8-7-10-3-2-6-13(18)15(10)19/h1-8H,9,18H2. The molecule has 0 radical (unpaired) electrons. The lowest BCUT2D eigenvalue weighted by Gasteiger charge is -2.09. The zero-order valence-electron chi connectivity index (χ0n) is 10.1. The zero-order chi connectivity index (χ0) is 13.4. The van der Waals surface area contributed by atoms with Crippen LogP contribution in [0.1, 0.15) is 5.56 Å². The number of hydrogen-bond acceptors (Lipinski definition) is 1. The van der Waals surface area contributed by atoms with Gasteiger partial charge in [0.15, 0.2) is 0 Å². The van der Waals surface area contributed by atoms with Crippen molar-refractivity contribution in [2.45, 2.75) is 6.54 Å². The number of halogens is 2. The molecule has 4 heteroatoms. The smallest absolute Gasteiger partial charge is 0.142 e. The summed E-state index contributed by atoms with van der Waals surface area (Å²) in [5, 5.41) is 1.23. The third-order valence-electron chi connectivity index (χ3n) is 3.19. The molecule has 3 aromatic rings. The number of hydrogen-bond donors (Lipinski definition) is 1. The molecule has 2 aromatic carbocycles. The van der Waals surface area contributed by atoms with E-state index in [0.29, 0.717) is 12.2 Å². The van der Waals surface area contributed by atoms with Gasteiger partial charge in [0.25, 0.3) is 0 Å². The van der Waals surface area contributed by atoms with E-state index in [2.05, 4.69) is 0 Å². The fourth-order valence-electron chi connectivity index (χ4n) is 2.28. The Bertz CT molecular complexity index is 749. The molecule has 0 aliphatic heterocycles. The van der Waals surface area contributed by atoms with E-state index in [-0.39, 0.29) is 5.02 Å². The molecule has 2 nitrogen and oxygen atoms in total. The number of fused-ring (bicyclic) bond motifs is 1. The minimum Gasteiger partial charge on any atom is -0.397 e. The van der Waals surface area contributed by atoms with Crippen LogP contribution < -0.4 is 5.73 Å². The monoisotopic (exact) mass is 274 g/mol. The van der Waals surface area contributed by atoms with Gasteiger partial charge in [0.1, 0.15) is 5.82 Å². The average Bonchev–Trinajstić information content (AvgIpc) is 2.80. The highest BCUT2D eigenvalue weighted by atomic mass is 35.5. The Labute approximate surface area is 115 Å². The first-order valence-electron chi connectivity index (χ1n) is 5.93. The van der Waals surface area contributed by atoms with Crippen LogP contribution in [0.15, 0.2) is 48.7 Å². The number of nitrogens with two attached hydrogens (primary N) is 1. The lowest BCUT2D eigenvalue weighted by molar-refractivity contribution is 0.624. The summed E-state index contributed by atoms with van der Waals surface area (Å²) in [6.07, 6.45) is 1.93. The maximum atomic E-state index is 13.4. The highest BCUT2D eigenvalue weighted by Gasteiger charge is 2.09. The summed E-state index contributed by atoms with van der Waals surface area (Å²) < 4.78 is 15.4. The fourth-order valence-corrected chi connectivity index (χ4v) is 2.46. The normalized spacial score (nSPS) is 11.1. The van der Waals surface area contributed by atoms with Crippen LogP contribution in [-0.4, -0.2) is 4.57 Å². The predicted octanol–water partition coefficient (Wildman–Crippen LogP) is 4.06. The minimum atomic E-state index is -0.399. The summed E-state index contributed by atoms with van der Waals surface area (Å²) >= 11 is 5.98. The summed E-state index contributed by atoms with van der Waals surface area (Å²) in [5.41, 5.74) is 8.38. The first kappa shape index (κ1) is 12.1. The summed E-state index contributed by atoms with van der Waals surface area (Å²) in [6.45, 7) is 0.494. The molecule has 3 rings (SSSR count). The minimum absolute atomic E-state index is 0.166. The van der Waals surface area contributed by atoms with Gasteiger partial charge in [0, 0.05) is 18.1 Å². The Morgan fingerprint density at radius 2 is 1.89 bits per heavy atom. The van der Waals surface area contributed by atoms with E-state index in [4.69, 9.17) is 17.3 Å². The third kappa shape index (κ3) is 2.06. The predicted molar refractivity (Wildman–Crippen MR) is 76.9 cm³/mol. The van der Waals surface area contributed by atoms with E-state index >= 15 is 0 Å². The molecular weight excluding hydrogens is 263 g/mol. The lowest BCUT2D eigenvalue weighted by atomic mass is 10.2. The van der Waals surface area contributed by atoms with Crippen molar-refractivity contribution in [2.75, 3.05) is 5.73 Å². The lowest BCUT2D eigenvalue weighted by Crippen LogP contribution is -2.01. The summed E-state index contributed by atoms with van der Waals surface area (Å²) in [6, 6.07) is 12.6. The summed E-state index contributed by atoms with van der Waals surface area (Å²) in [5.74, 6) is -0.399. The van der Waals surface area contributed by atoms with Gasteiger partial charge in [0.2, 0.25) is 0 Å². The highest BCUT2D eigenvalue weighted by Crippen LogP contribution is 2.26. The van der Waals surface area contributed by atoms with Crippen molar-refractivity contribution >= 4 is 28.2 Å². The van der Waals surface area contributed by atoms with Gasteiger partial charge in [0.05, 0.1) is 16.2 Å². The third-order valence-corrected chi connectivity index (χ3v) is 3.62. The molecule has 0 saturated heterocycles. The van der Waals surface area contributed by atoms with E-state index in [1.54, 1.807) is 6.07 Å². The van der Waals surface area contributed by atoms with E-state index in [9.17, 15) is 4.39 Å². The highest BCUT2D eigenvalue weighted by molar-refractivity contribution is 6.31. The Hall–Kier alpha value is -2.00. The first-order valence-corrected chi connectivity index (χ1v) is 6.31. The quantitative estimate of drug-likeness (QED) is 0.702. The topological polar surface area (TPSA) is 30.9 Å². The van der Waals surface area contributed by atoms with Gasteiger partial charge >= 0.3 is 0 Å². The summed E-state index contributed by atoms with van der Waals surface area (Å²) in [4.78, 5) is 0. The fraction of sp³-hybridized carbons (Fsp3) is 0.0667. The van der Waals surface area contributed by atoms with Crippen LogP contribution in [-0.2, 0) is 6.54 Å². The summed E-state index contributed by atoms with van der Waals surface area (Å²) in [7, 11) is 0. The molecule has 96 valence electrons. The van der Waals surface area contributed by atoms with Gasteiger partial charge in [-0.05, 0) is 23.8 Å². The second kappa shape index (κ2) is 4.59. The van der Waals surface area contributed by atoms with Crippen LogP contribution in [0.5, 0.6) is 0 Å². The molecule has 0 saturated carbocycles. The number of para-hydroxylation sites is 1. The number of anilines is 1. The van der Waals surface area contributed by atoms with Gasteiger partial charge in [-0.2, -0.15) is 0 Å². The van der Waals surface area contributed by atoms with Crippen molar-refractivity contribution in [3.8, 4) is 0 Å². The van der Waals surface area contributed by atoms with Crippen molar-refractivity contribution < 1.29 is 4.39 Å². The number of nitrogens with zero attached hydrogens (tertiary/aromatic N) is 1. The maximum absolute atomic E-state index is 13.4. The Morgan fingerprint density at radius 3 is 2.74 bits per heavy atom. The van der Waals surface area contributed by atoms with Gasteiger partial charge in [-0.1, -0.05) is 35.9 Å². The van der Waals surface area contributed by atoms with E-state index in [0.717, 1.165) is 16.5 Å². The van der Waals surface area contributed by atoms with Crippen LogP contribution in [0.4, 0.5) is 10.1 Å². The van der Waals surface area contributed by atoms with Crippen molar-refractivity contribution in [3.05, 3.63) is 65.1 Å². The van der Waals surface area contributed by atoms with E-state index in [1.807, 2.05) is 41.1 Å². The number of rotatable bonds is 2. The van der Waals surface area contributed by atoms with E-state index < -0.39 is 5.82 Å². The molecule has 2 N–H and O–H groups in total. The van der Waals surface area contributed by atoms with Crippen LogP contribution in [0.2, 0.25) is 5.02 Å². The van der Waals surface area contributed by atoms with Gasteiger partial charge in [-0.25, -0.2) is 4.39 Å². The Kier molecular flexibility index (Phi) is 2.91. The Morgan fingerprint density at radius 1 is 1.11 bits per heavy atom. The molecule has 0 aliphatic carbocycles. The molecule has 0 spiro atoms. The van der Waals surface area contributed by atoms with Gasteiger partial charge in [-0.3, -0.25) is 0 Å². The number of aromatic nitrogens is 1. The molecule has 19 heavy (non-hydrogen) atoms. The molecule has 0 amide bonds. The zero-order valence-corrected chi connectivity index (χ0v) is 10.9. The van der Waals surface area contributed by atoms with E-state index in [1.165, 1.54) is 6.07 Å².